The van der Waals surface area contributed by atoms with E-state index >= 15 is 0 Å². The lowest BCUT2D eigenvalue weighted by Crippen LogP contribution is -2.23. The summed E-state index contributed by atoms with van der Waals surface area (Å²) < 4.78 is 27.3. The zero-order valence-corrected chi connectivity index (χ0v) is 14.4. The third kappa shape index (κ3) is 3.42. The molecule has 0 aliphatic carbocycles. The monoisotopic (exact) mass is 348 g/mol. The molecule has 4 nitrogen and oxygen atoms in total. The number of nitrogens with one attached hydrogen (secondary N) is 2. The Morgan fingerprint density at radius 3 is 2.61 bits per heavy atom. The van der Waals surface area contributed by atoms with E-state index in [9.17, 15) is 8.42 Å². The van der Waals surface area contributed by atoms with E-state index in [0.29, 0.717) is 5.02 Å². The van der Waals surface area contributed by atoms with Gasteiger partial charge in [0, 0.05) is 22.8 Å². The van der Waals surface area contributed by atoms with Crippen LogP contribution in [0.5, 0.6) is 0 Å². The van der Waals surface area contributed by atoms with Crippen molar-refractivity contribution in [2.75, 3.05) is 0 Å². The van der Waals surface area contributed by atoms with Crippen molar-refractivity contribution >= 4 is 32.5 Å². The Balaban J connectivity index is 1.80. The van der Waals surface area contributed by atoms with Crippen LogP contribution in [0.2, 0.25) is 5.02 Å². The van der Waals surface area contributed by atoms with E-state index in [-0.39, 0.29) is 11.4 Å². The van der Waals surface area contributed by atoms with Gasteiger partial charge in [0.2, 0.25) is 10.0 Å². The minimum absolute atomic E-state index is 0.173. The number of hydrogen-bond acceptors (Lipinski definition) is 2. The van der Waals surface area contributed by atoms with Crippen molar-refractivity contribution in [1.82, 2.24) is 9.71 Å². The lowest BCUT2D eigenvalue weighted by atomic mass is 10.1. The summed E-state index contributed by atoms with van der Waals surface area (Å²) in [5, 5.41) is 1.51. The van der Waals surface area contributed by atoms with Crippen molar-refractivity contribution in [1.29, 1.82) is 0 Å². The lowest BCUT2D eigenvalue weighted by molar-refractivity contribution is 0.581. The second kappa shape index (κ2) is 6.00. The second-order valence-electron chi connectivity index (χ2n) is 5.61. The molecular formula is C17H17ClN2O2S. The van der Waals surface area contributed by atoms with Crippen molar-refractivity contribution in [2.45, 2.75) is 25.3 Å². The number of aromatic nitrogens is 1. The maximum atomic E-state index is 12.4. The highest BCUT2D eigenvalue weighted by molar-refractivity contribution is 7.89. The highest BCUT2D eigenvalue weighted by Crippen LogP contribution is 2.21. The molecule has 1 aromatic heterocycles. The molecule has 0 radical (unpaired) electrons. The van der Waals surface area contributed by atoms with Crippen LogP contribution in [0.4, 0.5) is 0 Å². The van der Waals surface area contributed by atoms with Gasteiger partial charge in [-0.25, -0.2) is 13.1 Å². The van der Waals surface area contributed by atoms with Crippen LogP contribution in [0.1, 0.15) is 16.8 Å². The number of aromatic amines is 1. The van der Waals surface area contributed by atoms with Crippen LogP contribution in [0.25, 0.3) is 10.9 Å². The normalized spacial score (nSPS) is 12.0. The van der Waals surface area contributed by atoms with Gasteiger partial charge in [-0.3, -0.25) is 0 Å². The largest absolute Gasteiger partial charge is 0.359 e. The number of sulfonamides is 1. The van der Waals surface area contributed by atoms with Gasteiger partial charge >= 0.3 is 0 Å². The topological polar surface area (TPSA) is 62.0 Å². The maximum absolute atomic E-state index is 12.4. The number of fused-ring (bicyclic) bond motifs is 1. The van der Waals surface area contributed by atoms with Crippen molar-refractivity contribution in [3.8, 4) is 0 Å². The predicted octanol–water partition coefficient (Wildman–Crippen LogP) is 3.92. The van der Waals surface area contributed by atoms with Crippen molar-refractivity contribution in [3.63, 3.8) is 0 Å². The van der Waals surface area contributed by atoms with Gasteiger partial charge in [0.15, 0.2) is 0 Å². The molecule has 3 aromatic rings. The van der Waals surface area contributed by atoms with E-state index in [1.54, 1.807) is 12.1 Å². The van der Waals surface area contributed by atoms with Gasteiger partial charge in [0.25, 0.3) is 0 Å². The molecular weight excluding hydrogens is 332 g/mol. The Morgan fingerprint density at radius 1 is 1.09 bits per heavy atom. The molecule has 0 saturated carbocycles. The number of rotatable bonds is 4. The summed E-state index contributed by atoms with van der Waals surface area (Å²) in [6, 6.07) is 12.6. The van der Waals surface area contributed by atoms with Gasteiger partial charge in [-0.05, 0) is 60.7 Å². The minimum atomic E-state index is -3.59. The molecule has 6 heteroatoms. The molecule has 2 aromatic carbocycles. The Kier molecular flexibility index (Phi) is 4.19. The summed E-state index contributed by atoms with van der Waals surface area (Å²) >= 11 is 6.01. The average molecular weight is 349 g/mol. The second-order valence-corrected chi connectivity index (χ2v) is 7.78. The first-order valence-corrected chi connectivity index (χ1v) is 9.05. The minimum Gasteiger partial charge on any atom is -0.359 e. The Bertz CT molecular complexity index is 977. The summed E-state index contributed by atoms with van der Waals surface area (Å²) in [7, 11) is -3.59. The first kappa shape index (κ1) is 16.1. The fraction of sp³-hybridized carbons (Fsp3) is 0.176. The van der Waals surface area contributed by atoms with E-state index in [1.807, 2.05) is 38.1 Å². The van der Waals surface area contributed by atoms with Gasteiger partial charge < -0.3 is 4.98 Å². The first-order chi connectivity index (χ1) is 10.8. The molecule has 0 atom stereocenters. The number of benzene rings is 2. The van der Waals surface area contributed by atoms with E-state index < -0.39 is 10.0 Å². The summed E-state index contributed by atoms with van der Waals surface area (Å²) in [5.74, 6) is 0. The molecule has 0 spiro atoms. The van der Waals surface area contributed by atoms with Crippen LogP contribution in [-0.4, -0.2) is 13.4 Å². The summed E-state index contributed by atoms with van der Waals surface area (Å²) in [6.45, 7) is 4.05. The zero-order chi connectivity index (χ0) is 16.6. The van der Waals surface area contributed by atoms with Crippen molar-refractivity contribution < 1.29 is 8.42 Å². The van der Waals surface area contributed by atoms with E-state index in [2.05, 4.69) is 9.71 Å². The van der Waals surface area contributed by atoms with Gasteiger partial charge in [0.1, 0.15) is 0 Å². The Labute approximate surface area is 140 Å². The molecule has 0 saturated heterocycles. The fourth-order valence-electron chi connectivity index (χ4n) is 2.44. The van der Waals surface area contributed by atoms with Crippen LogP contribution in [0.15, 0.2) is 47.4 Å². The molecule has 3 rings (SSSR count). The lowest BCUT2D eigenvalue weighted by Gasteiger charge is -2.08. The number of hydrogen-bond donors (Lipinski definition) is 2. The van der Waals surface area contributed by atoms with Gasteiger partial charge in [-0.1, -0.05) is 23.7 Å². The van der Waals surface area contributed by atoms with Crippen molar-refractivity contribution in [3.05, 3.63) is 64.3 Å². The number of aryl methyl sites for hydroxylation is 2. The fourth-order valence-corrected chi connectivity index (χ4v) is 3.73. The highest BCUT2D eigenvalue weighted by atomic mass is 35.5. The van der Waals surface area contributed by atoms with Crippen LogP contribution in [-0.2, 0) is 16.6 Å². The quantitative estimate of drug-likeness (QED) is 0.750. The predicted molar refractivity (Wildman–Crippen MR) is 93.3 cm³/mol. The number of halogens is 1. The molecule has 120 valence electrons. The molecule has 23 heavy (non-hydrogen) atoms. The molecule has 0 aliphatic heterocycles. The molecule has 2 N–H and O–H groups in total. The Hall–Kier alpha value is -1.82. The highest BCUT2D eigenvalue weighted by Gasteiger charge is 2.15. The molecule has 0 unspecified atom stereocenters. The first-order valence-electron chi connectivity index (χ1n) is 7.19. The molecule has 0 aliphatic rings. The molecule has 0 bridgehead atoms. The van der Waals surface area contributed by atoms with E-state index in [4.69, 9.17) is 11.6 Å². The standard InChI is InChI=1S/C17H17ClN2O2S/c1-11-3-5-15(9-16(11)18)23(21,22)19-10-13-4-6-17-14(8-13)7-12(2)20-17/h3-9,19-20H,10H2,1-2H3. The summed E-state index contributed by atoms with van der Waals surface area (Å²) in [4.78, 5) is 3.41. The third-order valence-corrected chi connectivity index (χ3v) is 5.55. The number of H-pyrrole nitrogens is 1. The van der Waals surface area contributed by atoms with E-state index in [1.165, 1.54) is 6.07 Å². The van der Waals surface area contributed by atoms with Gasteiger partial charge in [-0.2, -0.15) is 0 Å². The average Bonchev–Trinajstić information content (AvgIpc) is 2.87. The summed E-state index contributed by atoms with van der Waals surface area (Å²) in [6.07, 6.45) is 0. The van der Waals surface area contributed by atoms with Gasteiger partial charge in [-0.15, -0.1) is 0 Å². The maximum Gasteiger partial charge on any atom is 0.240 e. The van der Waals surface area contributed by atoms with E-state index in [0.717, 1.165) is 27.7 Å². The smallest absolute Gasteiger partial charge is 0.240 e. The zero-order valence-electron chi connectivity index (χ0n) is 12.9. The van der Waals surface area contributed by atoms with Crippen molar-refractivity contribution in [2.24, 2.45) is 0 Å². The summed E-state index contributed by atoms with van der Waals surface area (Å²) in [5.41, 5.74) is 3.86. The third-order valence-electron chi connectivity index (χ3n) is 3.74. The van der Waals surface area contributed by atoms with Crippen LogP contribution in [0.3, 0.4) is 0 Å². The van der Waals surface area contributed by atoms with Gasteiger partial charge in [0.05, 0.1) is 4.90 Å². The van der Waals surface area contributed by atoms with Crippen LogP contribution >= 0.6 is 11.6 Å². The molecule has 1 heterocycles. The SMILES string of the molecule is Cc1cc2cc(CNS(=O)(=O)c3ccc(C)c(Cl)c3)ccc2[nH]1. The Morgan fingerprint density at radius 2 is 1.87 bits per heavy atom. The molecule has 0 amide bonds. The van der Waals surface area contributed by atoms with Crippen LogP contribution < -0.4 is 4.72 Å². The molecule has 0 fully saturated rings. The van der Waals surface area contributed by atoms with Crippen LogP contribution in [0, 0.1) is 13.8 Å².